The lowest BCUT2D eigenvalue weighted by atomic mass is 9.89. The van der Waals surface area contributed by atoms with Gasteiger partial charge in [-0.15, -0.1) is 11.8 Å². The number of urea groups is 1. The molecule has 0 radical (unpaired) electrons. The first-order valence-corrected chi connectivity index (χ1v) is 16.3. The zero-order valence-corrected chi connectivity index (χ0v) is 27.5. The summed E-state index contributed by atoms with van der Waals surface area (Å²) in [4.78, 5) is 45.2. The van der Waals surface area contributed by atoms with Crippen molar-refractivity contribution in [2.45, 2.75) is 86.3 Å². The van der Waals surface area contributed by atoms with E-state index in [0.29, 0.717) is 28.6 Å². The van der Waals surface area contributed by atoms with Crippen molar-refractivity contribution < 1.29 is 45.8 Å². The highest BCUT2D eigenvalue weighted by atomic mass is 32.2. The maximum atomic E-state index is 13.6. The molecule has 2 saturated heterocycles. The summed E-state index contributed by atoms with van der Waals surface area (Å²) in [7, 11) is 0. The molecule has 2 aliphatic heterocycles. The SMILES string of the molecule is CC=Cc1cc(C(O)(C(F)(F)F)C(F)(F)F)ccc1N1C[C@H](C)N(C(=O)CN2C(=O)N[C@](C)(c3ccc(SC4CC4)cc3)C2=O)CC1C. The van der Waals surface area contributed by atoms with Gasteiger partial charge in [-0.05, 0) is 75.9 Å². The summed E-state index contributed by atoms with van der Waals surface area (Å²) in [6.07, 6.45) is -6.93. The highest BCUT2D eigenvalue weighted by Crippen LogP contribution is 2.51. The van der Waals surface area contributed by atoms with Crippen LogP contribution in [-0.2, 0) is 20.7 Å². The second kappa shape index (κ2) is 12.6. The monoisotopic (exact) mass is 698 g/mol. The number of hydrogen-bond donors (Lipinski definition) is 2. The number of rotatable bonds is 8. The molecule has 0 aromatic heterocycles. The molecule has 0 bridgehead atoms. The first-order chi connectivity index (χ1) is 22.3. The van der Waals surface area contributed by atoms with E-state index in [1.807, 2.05) is 12.1 Å². The fourth-order valence-corrected chi connectivity index (χ4v) is 7.21. The largest absolute Gasteiger partial charge is 0.430 e. The van der Waals surface area contributed by atoms with E-state index in [2.05, 4.69) is 5.32 Å². The number of carbonyl (C=O) groups is 3. The number of amides is 4. The van der Waals surface area contributed by atoms with Crippen LogP contribution in [0.4, 0.5) is 36.8 Å². The Bertz CT molecular complexity index is 1600. The van der Waals surface area contributed by atoms with E-state index >= 15 is 0 Å². The van der Waals surface area contributed by atoms with Crippen LogP contribution in [0.15, 0.2) is 53.4 Å². The quantitative estimate of drug-likeness (QED) is 0.253. The number of benzene rings is 2. The number of nitrogens with one attached hydrogen (secondary N) is 1. The molecule has 2 aromatic rings. The summed E-state index contributed by atoms with van der Waals surface area (Å²) in [5, 5.41) is 13.3. The van der Waals surface area contributed by atoms with Gasteiger partial charge in [0.25, 0.3) is 11.5 Å². The van der Waals surface area contributed by atoms with Gasteiger partial charge in [-0.1, -0.05) is 30.4 Å². The Morgan fingerprint density at radius 3 is 2.19 bits per heavy atom. The molecule has 0 spiro atoms. The third-order valence-electron chi connectivity index (χ3n) is 9.05. The Morgan fingerprint density at radius 2 is 1.62 bits per heavy atom. The molecule has 1 aliphatic carbocycles. The average molecular weight is 699 g/mol. The molecule has 15 heteroatoms. The molecule has 3 fully saturated rings. The lowest BCUT2D eigenvalue weighted by molar-refractivity contribution is -0.376. The summed E-state index contributed by atoms with van der Waals surface area (Å²) < 4.78 is 81.5. The van der Waals surface area contributed by atoms with E-state index in [4.69, 9.17) is 0 Å². The number of aliphatic hydroxyl groups is 1. The molecular formula is C33H36F6N4O4S. The second-order valence-corrected chi connectivity index (χ2v) is 14.0. The zero-order valence-electron chi connectivity index (χ0n) is 26.7. The topological polar surface area (TPSA) is 93.2 Å². The van der Waals surface area contributed by atoms with Crippen molar-refractivity contribution >= 4 is 41.4 Å². The minimum Gasteiger partial charge on any atom is -0.369 e. The van der Waals surface area contributed by atoms with Gasteiger partial charge in [-0.2, -0.15) is 26.3 Å². The minimum absolute atomic E-state index is 0.0125. The van der Waals surface area contributed by atoms with Gasteiger partial charge in [0.2, 0.25) is 5.91 Å². The van der Waals surface area contributed by atoms with Crippen LogP contribution in [-0.4, -0.2) is 82.1 Å². The fraction of sp³-hybridized carbons (Fsp3) is 0.485. The lowest BCUT2D eigenvalue weighted by Gasteiger charge is -2.46. The van der Waals surface area contributed by atoms with Crippen LogP contribution < -0.4 is 10.2 Å². The van der Waals surface area contributed by atoms with Crippen molar-refractivity contribution in [1.29, 1.82) is 0 Å². The summed E-state index contributed by atoms with van der Waals surface area (Å²) in [6, 6.07) is 8.06. The maximum absolute atomic E-state index is 13.6. The molecule has 1 saturated carbocycles. The summed E-state index contributed by atoms with van der Waals surface area (Å²) in [5.74, 6) is -1.07. The Balaban J connectivity index is 1.31. The molecule has 2 heterocycles. The summed E-state index contributed by atoms with van der Waals surface area (Å²) in [5.41, 5.74) is -6.91. The van der Waals surface area contributed by atoms with E-state index in [1.54, 1.807) is 56.5 Å². The third kappa shape index (κ3) is 6.38. The molecule has 1 unspecified atom stereocenters. The van der Waals surface area contributed by atoms with E-state index < -0.39 is 65.5 Å². The van der Waals surface area contributed by atoms with Crippen LogP contribution in [0.2, 0.25) is 0 Å². The van der Waals surface area contributed by atoms with E-state index in [-0.39, 0.29) is 18.7 Å². The molecule has 48 heavy (non-hydrogen) atoms. The molecule has 260 valence electrons. The third-order valence-corrected chi connectivity index (χ3v) is 10.4. The Morgan fingerprint density at radius 1 is 1.00 bits per heavy atom. The number of allylic oxidation sites excluding steroid dienone is 1. The van der Waals surface area contributed by atoms with Crippen LogP contribution in [0.3, 0.4) is 0 Å². The first kappa shape index (κ1) is 35.6. The zero-order chi connectivity index (χ0) is 35.4. The number of nitrogens with zero attached hydrogens (tertiary/aromatic N) is 3. The van der Waals surface area contributed by atoms with Gasteiger partial charge in [0.15, 0.2) is 0 Å². The number of anilines is 1. The van der Waals surface area contributed by atoms with Crippen molar-refractivity contribution in [3.63, 3.8) is 0 Å². The predicted octanol–water partition coefficient (Wildman–Crippen LogP) is 6.18. The van der Waals surface area contributed by atoms with Crippen molar-refractivity contribution in [2.75, 3.05) is 24.5 Å². The van der Waals surface area contributed by atoms with E-state index in [9.17, 15) is 45.8 Å². The molecule has 8 nitrogen and oxygen atoms in total. The van der Waals surface area contributed by atoms with Crippen LogP contribution in [0.25, 0.3) is 6.08 Å². The Labute approximate surface area is 278 Å². The number of imide groups is 1. The lowest BCUT2D eigenvalue weighted by Crippen LogP contribution is -2.60. The molecular weight excluding hydrogens is 662 g/mol. The minimum atomic E-state index is -6.03. The van der Waals surface area contributed by atoms with Gasteiger partial charge in [0.05, 0.1) is 0 Å². The molecule has 3 aliphatic rings. The second-order valence-electron chi connectivity index (χ2n) is 12.7. The Hall–Kier alpha value is -3.72. The molecule has 2 N–H and O–H groups in total. The van der Waals surface area contributed by atoms with Crippen LogP contribution in [0.5, 0.6) is 0 Å². The van der Waals surface area contributed by atoms with Gasteiger partial charge in [0, 0.05) is 46.6 Å². The van der Waals surface area contributed by atoms with Gasteiger partial charge in [-0.25, -0.2) is 4.79 Å². The number of alkyl halides is 6. The summed E-state index contributed by atoms with van der Waals surface area (Å²) >= 11 is 1.76. The van der Waals surface area contributed by atoms with E-state index in [1.165, 1.54) is 29.9 Å². The van der Waals surface area contributed by atoms with Gasteiger partial charge in [-0.3, -0.25) is 14.5 Å². The predicted molar refractivity (Wildman–Crippen MR) is 168 cm³/mol. The molecule has 3 atom stereocenters. The standard InChI is InChI=1S/C33H36F6N4O4S/c1-5-6-21-15-23(31(47,32(34,35)36)33(37,38)39)9-14-26(21)41-16-20(3)42(17-19(41)2)27(44)18-43-28(45)30(4,40-29(43)46)22-7-10-24(11-8-22)48-25-12-13-25/h5-11,14-15,19-20,25,47H,12-13,16-18H2,1-4H3,(H,40,46)/t19?,20-,30+/m0/s1. The van der Waals surface area contributed by atoms with E-state index in [0.717, 1.165) is 15.9 Å². The first-order valence-electron chi connectivity index (χ1n) is 15.4. The van der Waals surface area contributed by atoms with Crippen LogP contribution >= 0.6 is 11.8 Å². The summed E-state index contributed by atoms with van der Waals surface area (Å²) in [6.45, 7) is 6.29. The van der Waals surface area contributed by atoms with Crippen molar-refractivity contribution in [1.82, 2.24) is 15.1 Å². The number of carbonyl (C=O) groups excluding carboxylic acids is 3. The smallest absolute Gasteiger partial charge is 0.369 e. The highest BCUT2D eigenvalue weighted by Gasteiger charge is 2.71. The van der Waals surface area contributed by atoms with Gasteiger partial charge in [0.1, 0.15) is 12.1 Å². The average Bonchev–Trinajstić information content (AvgIpc) is 3.79. The van der Waals surface area contributed by atoms with Crippen molar-refractivity contribution in [3.8, 4) is 0 Å². The molecule has 4 amide bonds. The number of hydrogen-bond acceptors (Lipinski definition) is 6. The van der Waals surface area contributed by atoms with Gasteiger partial charge >= 0.3 is 18.4 Å². The number of thioether (sulfide) groups is 1. The maximum Gasteiger partial charge on any atom is 0.430 e. The van der Waals surface area contributed by atoms with Crippen LogP contribution in [0.1, 0.15) is 57.2 Å². The molecule has 5 rings (SSSR count). The highest BCUT2D eigenvalue weighted by molar-refractivity contribution is 8.00. The number of halogens is 6. The molecule has 2 aromatic carbocycles. The van der Waals surface area contributed by atoms with Crippen molar-refractivity contribution in [3.05, 3.63) is 65.2 Å². The van der Waals surface area contributed by atoms with Crippen LogP contribution in [0, 0.1) is 0 Å². The number of piperazine rings is 1. The van der Waals surface area contributed by atoms with Gasteiger partial charge < -0.3 is 20.2 Å². The fourth-order valence-electron chi connectivity index (χ4n) is 6.16. The normalized spacial score (nSPS) is 24.1. The Kier molecular flexibility index (Phi) is 9.36. The van der Waals surface area contributed by atoms with Crippen molar-refractivity contribution in [2.24, 2.45) is 0 Å².